The summed E-state index contributed by atoms with van der Waals surface area (Å²) in [5.41, 5.74) is 3.61. The molecule has 0 radical (unpaired) electrons. The van der Waals surface area contributed by atoms with Crippen molar-refractivity contribution in [3.63, 3.8) is 0 Å². The van der Waals surface area contributed by atoms with Crippen LogP contribution in [0.15, 0.2) is 48.5 Å². The van der Waals surface area contributed by atoms with Gasteiger partial charge in [-0.05, 0) is 35.7 Å². The lowest BCUT2D eigenvalue weighted by Gasteiger charge is -2.07. The van der Waals surface area contributed by atoms with E-state index in [1.165, 1.54) is 11.1 Å². The number of hydrogen-bond acceptors (Lipinski definition) is 2. The number of benzene rings is 2. The van der Waals surface area contributed by atoms with E-state index in [9.17, 15) is 4.79 Å². The highest BCUT2D eigenvalue weighted by atomic mass is 35.5. The molecule has 0 unspecified atom stereocenters. The molecule has 1 amide bonds. The lowest BCUT2D eigenvalue weighted by atomic mass is 10.1. The fourth-order valence-electron chi connectivity index (χ4n) is 1.88. The van der Waals surface area contributed by atoms with E-state index in [-0.39, 0.29) is 5.91 Å². The smallest absolute Gasteiger partial charge is 0.230 e. The summed E-state index contributed by atoms with van der Waals surface area (Å²) in [4.78, 5) is 11.8. The Morgan fingerprint density at radius 2 is 1.86 bits per heavy atom. The Morgan fingerprint density at radius 1 is 1.14 bits per heavy atom. The first-order valence-electron chi connectivity index (χ1n) is 6.78. The molecule has 0 spiro atoms. The molecule has 0 heterocycles. The number of aryl methyl sites for hydroxylation is 1. The molecule has 0 fully saturated rings. The van der Waals surface area contributed by atoms with Gasteiger partial charge in [-0.3, -0.25) is 4.79 Å². The summed E-state index contributed by atoms with van der Waals surface area (Å²) in [5.74, 6) is 1.40. The molecule has 0 aromatic heterocycles. The number of amides is 1. The van der Waals surface area contributed by atoms with Crippen LogP contribution in [0.25, 0.3) is 0 Å². The minimum atomic E-state index is 0.0588. The Bertz CT molecular complexity index is 598. The van der Waals surface area contributed by atoms with Gasteiger partial charge >= 0.3 is 0 Å². The van der Waals surface area contributed by atoms with Crippen LogP contribution < -0.4 is 5.32 Å². The maximum Gasteiger partial charge on any atom is 0.230 e. The van der Waals surface area contributed by atoms with Gasteiger partial charge in [0.1, 0.15) is 0 Å². The van der Waals surface area contributed by atoms with E-state index in [2.05, 4.69) is 24.4 Å². The number of nitrogens with one attached hydrogen (secondary N) is 1. The van der Waals surface area contributed by atoms with Crippen LogP contribution in [0.2, 0.25) is 5.02 Å². The highest BCUT2D eigenvalue weighted by molar-refractivity contribution is 7.99. The molecule has 0 aliphatic rings. The van der Waals surface area contributed by atoms with Gasteiger partial charge in [0.05, 0.1) is 5.75 Å². The van der Waals surface area contributed by atoms with Crippen molar-refractivity contribution in [2.75, 3.05) is 5.75 Å². The molecule has 0 aliphatic heterocycles. The van der Waals surface area contributed by atoms with Crippen molar-refractivity contribution >= 4 is 29.3 Å². The van der Waals surface area contributed by atoms with Crippen molar-refractivity contribution in [1.82, 2.24) is 5.32 Å². The summed E-state index contributed by atoms with van der Waals surface area (Å²) in [6.45, 7) is 2.64. The molecule has 2 aromatic rings. The molecule has 0 saturated heterocycles. The standard InChI is InChI=1S/C17H18ClNOS/c1-13-4-2-3-5-15(13)11-21-12-17(20)19-10-14-6-8-16(18)9-7-14/h2-9H,10-12H2,1H3,(H,19,20). The zero-order chi connectivity index (χ0) is 15.1. The van der Waals surface area contributed by atoms with Crippen LogP contribution in [-0.4, -0.2) is 11.7 Å². The lowest BCUT2D eigenvalue weighted by molar-refractivity contribution is -0.118. The largest absolute Gasteiger partial charge is 0.351 e. The Balaban J connectivity index is 1.70. The van der Waals surface area contributed by atoms with E-state index in [4.69, 9.17) is 11.6 Å². The SMILES string of the molecule is Cc1ccccc1CSCC(=O)NCc1ccc(Cl)cc1. The van der Waals surface area contributed by atoms with Gasteiger partial charge in [0.15, 0.2) is 0 Å². The van der Waals surface area contributed by atoms with Gasteiger partial charge in [-0.1, -0.05) is 48.0 Å². The molecule has 110 valence electrons. The summed E-state index contributed by atoms with van der Waals surface area (Å²) in [6.07, 6.45) is 0. The molecule has 0 bridgehead atoms. The summed E-state index contributed by atoms with van der Waals surface area (Å²) in [5, 5.41) is 3.62. The fraction of sp³-hybridized carbons (Fsp3) is 0.235. The Labute approximate surface area is 134 Å². The summed E-state index contributed by atoms with van der Waals surface area (Å²) >= 11 is 7.46. The maximum atomic E-state index is 11.8. The third-order valence-electron chi connectivity index (χ3n) is 3.15. The minimum absolute atomic E-state index is 0.0588. The Kier molecular flexibility index (Phi) is 6.15. The summed E-state index contributed by atoms with van der Waals surface area (Å²) in [6, 6.07) is 15.8. The third kappa shape index (κ3) is 5.44. The van der Waals surface area contributed by atoms with Gasteiger partial charge in [-0.15, -0.1) is 11.8 Å². The molecule has 1 N–H and O–H groups in total. The van der Waals surface area contributed by atoms with E-state index < -0.39 is 0 Å². The highest BCUT2D eigenvalue weighted by Gasteiger charge is 2.03. The van der Waals surface area contributed by atoms with E-state index in [0.717, 1.165) is 11.3 Å². The average molecular weight is 320 g/mol. The topological polar surface area (TPSA) is 29.1 Å². The Morgan fingerprint density at radius 3 is 2.57 bits per heavy atom. The second-order valence-corrected chi connectivity index (χ2v) is 6.24. The van der Waals surface area contributed by atoms with Crippen LogP contribution in [0, 0.1) is 6.92 Å². The number of halogens is 1. The molecule has 2 nitrogen and oxygen atoms in total. The molecular weight excluding hydrogens is 302 g/mol. The second kappa shape index (κ2) is 8.11. The maximum absolute atomic E-state index is 11.8. The van der Waals surface area contributed by atoms with E-state index >= 15 is 0 Å². The van der Waals surface area contributed by atoms with Crippen LogP contribution in [0.4, 0.5) is 0 Å². The van der Waals surface area contributed by atoms with Crippen molar-refractivity contribution in [1.29, 1.82) is 0 Å². The normalized spacial score (nSPS) is 10.4. The minimum Gasteiger partial charge on any atom is -0.351 e. The van der Waals surface area contributed by atoms with Crippen molar-refractivity contribution in [2.45, 2.75) is 19.2 Å². The number of carbonyl (C=O) groups excluding carboxylic acids is 1. The first-order valence-corrected chi connectivity index (χ1v) is 8.32. The Hall–Kier alpha value is -1.45. The molecule has 0 saturated carbocycles. The quantitative estimate of drug-likeness (QED) is 0.864. The van der Waals surface area contributed by atoms with Crippen LogP contribution in [0.5, 0.6) is 0 Å². The highest BCUT2D eigenvalue weighted by Crippen LogP contribution is 2.15. The van der Waals surface area contributed by atoms with Gasteiger partial charge in [0.25, 0.3) is 0 Å². The number of rotatable bonds is 6. The van der Waals surface area contributed by atoms with Gasteiger partial charge in [-0.25, -0.2) is 0 Å². The van der Waals surface area contributed by atoms with Gasteiger partial charge in [-0.2, -0.15) is 0 Å². The van der Waals surface area contributed by atoms with Crippen molar-refractivity contribution < 1.29 is 4.79 Å². The van der Waals surface area contributed by atoms with Gasteiger partial charge < -0.3 is 5.32 Å². The second-order valence-electron chi connectivity index (χ2n) is 4.82. The molecule has 21 heavy (non-hydrogen) atoms. The zero-order valence-electron chi connectivity index (χ0n) is 11.9. The molecule has 0 atom stereocenters. The first-order chi connectivity index (χ1) is 10.1. The number of hydrogen-bond donors (Lipinski definition) is 1. The molecule has 2 rings (SSSR count). The van der Waals surface area contributed by atoms with Crippen molar-refractivity contribution in [3.8, 4) is 0 Å². The van der Waals surface area contributed by atoms with E-state index in [1.807, 2.05) is 36.4 Å². The molecule has 4 heteroatoms. The van der Waals surface area contributed by atoms with Crippen molar-refractivity contribution in [2.24, 2.45) is 0 Å². The van der Waals surface area contributed by atoms with Crippen LogP contribution in [0.3, 0.4) is 0 Å². The zero-order valence-corrected chi connectivity index (χ0v) is 13.5. The van der Waals surface area contributed by atoms with Gasteiger partial charge in [0, 0.05) is 17.3 Å². The third-order valence-corrected chi connectivity index (χ3v) is 4.39. The summed E-state index contributed by atoms with van der Waals surface area (Å²) in [7, 11) is 0. The van der Waals surface area contributed by atoms with Crippen molar-refractivity contribution in [3.05, 3.63) is 70.2 Å². The predicted molar refractivity (Wildman–Crippen MR) is 90.6 cm³/mol. The molecular formula is C17H18ClNOS. The van der Waals surface area contributed by atoms with Crippen LogP contribution >= 0.6 is 23.4 Å². The van der Waals surface area contributed by atoms with E-state index in [0.29, 0.717) is 17.3 Å². The summed E-state index contributed by atoms with van der Waals surface area (Å²) < 4.78 is 0. The number of thioether (sulfide) groups is 1. The van der Waals surface area contributed by atoms with E-state index in [1.54, 1.807) is 11.8 Å². The molecule has 2 aromatic carbocycles. The average Bonchev–Trinajstić information content (AvgIpc) is 2.49. The monoisotopic (exact) mass is 319 g/mol. The van der Waals surface area contributed by atoms with Gasteiger partial charge in [0.2, 0.25) is 5.91 Å². The molecule has 0 aliphatic carbocycles. The predicted octanol–water partition coefficient (Wildman–Crippen LogP) is 4.20. The first kappa shape index (κ1) is 15.9. The number of carbonyl (C=O) groups is 1. The van der Waals surface area contributed by atoms with Crippen LogP contribution in [-0.2, 0) is 17.1 Å². The fourth-order valence-corrected chi connectivity index (χ4v) is 2.94. The van der Waals surface area contributed by atoms with Crippen LogP contribution in [0.1, 0.15) is 16.7 Å². The lowest BCUT2D eigenvalue weighted by Crippen LogP contribution is -2.24.